The molecule has 0 saturated carbocycles. The monoisotopic (exact) mass is 519 g/mol. The normalized spacial score (nSPS) is 17.4. The van der Waals surface area contributed by atoms with Crippen molar-refractivity contribution in [2.45, 2.75) is 45.2 Å². The number of nitrogens with two attached hydrogens (primary N) is 1. The van der Waals surface area contributed by atoms with E-state index in [9.17, 15) is 13.2 Å². The molecule has 1 aliphatic heterocycles. The number of carbonyl (C=O) groups is 1. The molecule has 35 heavy (non-hydrogen) atoms. The molecule has 3 aromatic rings. The number of anilines is 2. The predicted molar refractivity (Wildman–Crippen MR) is 137 cm³/mol. The zero-order chi connectivity index (χ0) is 25.3. The molecular formula is C23H30ClN7O3S. The lowest BCUT2D eigenvalue weighted by atomic mass is 9.98. The Hall–Kier alpha value is -2.89. The van der Waals surface area contributed by atoms with Crippen molar-refractivity contribution < 1.29 is 13.2 Å². The summed E-state index contributed by atoms with van der Waals surface area (Å²) in [5.74, 6) is 0.442. The number of piperidine rings is 1. The van der Waals surface area contributed by atoms with Gasteiger partial charge < -0.3 is 16.0 Å². The molecule has 3 heterocycles. The topological polar surface area (TPSA) is 135 Å². The van der Waals surface area contributed by atoms with Gasteiger partial charge in [0.2, 0.25) is 10.0 Å². The van der Waals surface area contributed by atoms with Crippen molar-refractivity contribution in [2.24, 2.45) is 5.73 Å². The van der Waals surface area contributed by atoms with Crippen molar-refractivity contribution in [3.63, 3.8) is 0 Å². The van der Waals surface area contributed by atoms with Gasteiger partial charge in [-0.05, 0) is 51.3 Å². The Labute approximate surface area is 209 Å². The van der Waals surface area contributed by atoms with Crippen LogP contribution in [0.3, 0.4) is 0 Å². The average molecular weight is 520 g/mol. The van der Waals surface area contributed by atoms with Gasteiger partial charge in [-0.2, -0.15) is 5.10 Å². The van der Waals surface area contributed by atoms with Crippen molar-refractivity contribution in [3.8, 4) is 0 Å². The Morgan fingerprint density at radius 1 is 1.31 bits per heavy atom. The summed E-state index contributed by atoms with van der Waals surface area (Å²) in [6.07, 6.45) is 5.46. The van der Waals surface area contributed by atoms with Crippen LogP contribution >= 0.6 is 11.6 Å². The van der Waals surface area contributed by atoms with E-state index in [1.54, 1.807) is 15.5 Å². The maximum Gasteiger partial charge on any atom is 0.256 e. The Morgan fingerprint density at radius 2 is 2.09 bits per heavy atom. The fourth-order valence-electron chi connectivity index (χ4n) is 4.25. The van der Waals surface area contributed by atoms with Crippen molar-refractivity contribution in [1.29, 1.82) is 0 Å². The van der Waals surface area contributed by atoms with Crippen LogP contribution in [0.15, 0.2) is 30.5 Å². The van der Waals surface area contributed by atoms with E-state index in [0.717, 1.165) is 42.6 Å². The van der Waals surface area contributed by atoms with E-state index in [1.807, 2.05) is 26.1 Å². The first kappa shape index (κ1) is 25.2. The summed E-state index contributed by atoms with van der Waals surface area (Å²) >= 11 is 6.17. The van der Waals surface area contributed by atoms with E-state index in [0.29, 0.717) is 23.8 Å². The number of hydrogen-bond acceptors (Lipinski definition) is 7. The summed E-state index contributed by atoms with van der Waals surface area (Å²) in [4.78, 5) is 20.1. The molecule has 12 heteroatoms. The molecule has 0 bridgehead atoms. The fourth-order valence-corrected chi connectivity index (χ4v) is 5.00. The number of likely N-dealkylation sites (tertiary alicyclic amines) is 1. The number of rotatable bonds is 7. The van der Waals surface area contributed by atoms with E-state index in [2.05, 4.69) is 10.0 Å². The summed E-state index contributed by atoms with van der Waals surface area (Å²) in [6.45, 7) is 4.99. The van der Waals surface area contributed by atoms with Crippen molar-refractivity contribution in [3.05, 3.63) is 52.3 Å². The second-order valence-electron chi connectivity index (χ2n) is 9.08. The maximum atomic E-state index is 13.7. The van der Waals surface area contributed by atoms with Crippen LogP contribution in [0, 0.1) is 6.92 Å². The van der Waals surface area contributed by atoms with Crippen LogP contribution in [0.2, 0.25) is 5.02 Å². The lowest BCUT2D eigenvalue weighted by Crippen LogP contribution is -2.39. The summed E-state index contributed by atoms with van der Waals surface area (Å²) in [5.41, 5.74) is 8.59. The fraction of sp³-hybridized carbons (Fsp3) is 0.435. The molecular weight excluding hydrogens is 490 g/mol. The van der Waals surface area contributed by atoms with Gasteiger partial charge in [0.1, 0.15) is 5.82 Å². The van der Waals surface area contributed by atoms with Gasteiger partial charge in [-0.1, -0.05) is 11.6 Å². The first-order valence-electron chi connectivity index (χ1n) is 11.5. The molecule has 4 N–H and O–H groups in total. The van der Waals surface area contributed by atoms with Crippen molar-refractivity contribution in [1.82, 2.24) is 19.5 Å². The standard InChI is InChI=1S/C23H30ClN7O3S/c1-14-13-31-21(27-22(14)26-12-15(2)25)11-19(28-31)20-6-4-5-9-30(20)23(32)17-10-16(24)7-8-18(17)29-35(3,33)34/h7-8,10-11,13,15,20,29H,4-6,9,12,25H2,1-3H3,(H,26,27)/t15?,20-/m0/s1. The van der Waals surface area contributed by atoms with Gasteiger partial charge >= 0.3 is 0 Å². The summed E-state index contributed by atoms with van der Waals surface area (Å²) in [6, 6.07) is 6.15. The third-order valence-corrected chi connectivity index (χ3v) is 6.68. The second kappa shape index (κ2) is 10.00. The van der Waals surface area contributed by atoms with Gasteiger partial charge in [0.15, 0.2) is 5.65 Å². The largest absolute Gasteiger partial charge is 0.368 e. The summed E-state index contributed by atoms with van der Waals surface area (Å²) < 4.78 is 27.9. The number of fused-ring (bicyclic) bond motifs is 1. The number of sulfonamides is 1. The molecule has 4 rings (SSSR count). The highest BCUT2D eigenvalue weighted by molar-refractivity contribution is 7.92. The Kier molecular flexibility index (Phi) is 7.20. The molecule has 2 aromatic heterocycles. The molecule has 10 nitrogen and oxygen atoms in total. The number of hydrogen-bond donors (Lipinski definition) is 3. The maximum absolute atomic E-state index is 13.7. The third kappa shape index (κ3) is 5.85. The van der Waals surface area contributed by atoms with Crippen molar-refractivity contribution in [2.75, 3.05) is 29.4 Å². The van der Waals surface area contributed by atoms with E-state index >= 15 is 0 Å². The second-order valence-corrected chi connectivity index (χ2v) is 11.3. The van der Waals surface area contributed by atoms with Gasteiger partial charge in [0, 0.05) is 42.0 Å². The van der Waals surface area contributed by atoms with Crippen LogP contribution in [-0.4, -0.2) is 59.2 Å². The minimum absolute atomic E-state index is 0.0109. The summed E-state index contributed by atoms with van der Waals surface area (Å²) in [5, 5.41) is 8.34. The first-order chi connectivity index (χ1) is 16.5. The van der Waals surface area contributed by atoms with Crippen LogP contribution in [0.25, 0.3) is 5.65 Å². The number of aryl methyl sites for hydroxylation is 1. The van der Waals surface area contributed by atoms with E-state index in [1.165, 1.54) is 12.1 Å². The van der Waals surface area contributed by atoms with Gasteiger partial charge in [0.25, 0.3) is 5.91 Å². The lowest BCUT2D eigenvalue weighted by Gasteiger charge is -2.35. The number of nitrogens with one attached hydrogen (secondary N) is 2. The molecule has 1 amide bonds. The minimum atomic E-state index is -3.58. The highest BCUT2D eigenvalue weighted by atomic mass is 35.5. The highest BCUT2D eigenvalue weighted by Crippen LogP contribution is 2.34. The average Bonchev–Trinajstić information content (AvgIpc) is 3.19. The molecule has 1 saturated heterocycles. The molecule has 0 aliphatic carbocycles. The Morgan fingerprint density at radius 3 is 2.80 bits per heavy atom. The van der Waals surface area contributed by atoms with Crippen LogP contribution in [0.5, 0.6) is 0 Å². The smallest absolute Gasteiger partial charge is 0.256 e. The summed E-state index contributed by atoms with van der Waals surface area (Å²) in [7, 11) is -3.58. The number of amides is 1. The predicted octanol–water partition coefficient (Wildman–Crippen LogP) is 3.19. The van der Waals surface area contributed by atoms with Gasteiger partial charge in [0.05, 0.1) is 29.2 Å². The quantitative estimate of drug-likeness (QED) is 0.436. The molecule has 1 aromatic carbocycles. The highest BCUT2D eigenvalue weighted by Gasteiger charge is 2.32. The van der Waals surface area contributed by atoms with Crippen LogP contribution in [0.4, 0.5) is 11.5 Å². The first-order valence-corrected chi connectivity index (χ1v) is 13.7. The van der Waals surface area contributed by atoms with Crippen LogP contribution in [-0.2, 0) is 10.0 Å². The number of aromatic nitrogens is 3. The third-order valence-electron chi connectivity index (χ3n) is 5.85. The lowest BCUT2D eigenvalue weighted by molar-refractivity contribution is 0.0607. The van der Waals surface area contributed by atoms with E-state index in [4.69, 9.17) is 27.4 Å². The van der Waals surface area contributed by atoms with Crippen molar-refractivity contribution >= 4 is 44.7 Å². The van der Waals surface area contributed by atoms with Gasteiger partial charge in [-0.15, -0.1) is 0 Å². The number of halogens is 1. The van der Waals surface area contributed by atoms with Gasteiger partial charge in [-0.25, -0.2) is 17.9 Å². The number of carbonyl (C=O) groups excluding carboxylic acids is 1. The minimum Gasteiger partial charge on any atom is -0.368 e. The van der Waals surface area contributed by atoms with E-state index in [-0.39, 0.29) is 29.2 Å². The SMILES string of the molecule is Cc1cn2nc([C@@H]3CCCCN3C(=O)c3cc(Cl)ccc3NS(C)(=O)=O)cc2nc1NCC(C)N. The Bertz CT molecular complexity index is 1360. The Balaban J connectivity index is 1.68. The molecule has 1 fully saturated rings. The van der Waals surface area contributed by atoms with E-state index < -0.39 is 10.0 Å². The number of benzene rings is 1. The zero-order valence-electron chi connectivity index (χ0n) is 20.0. The molecule has 2 atom stereocenters. The van der Waals surface area contributed by atoms with Crippen LogP contribution < -0.4 is 15.8 Å². The number of nitrogens with zero attached hydrogens (tertiary/aromatic N) is 4. The molecule has 1 unspecified atom stereocenters. The molecule has 0 spiro atoms. The molecule has 188 valence electrons. The van der Waals surface area contributed by atoms with Gasteiger partial charge in [-0.3, -0.25) is 9.52 Å². The zero-order valence-corrected chi connectivity index (χ0v) is 21.5. The molecule has 1 aliphatic rings. The van der Waals surface area contributed by atoms with Crippen LogP contribution in [0.1, 0.15) is 53.8 Å². The molecule has 0 radical (unpaired) electrons.